The Hall–Kier alpha value is -2.92. The van der Waals surface area contributed by atoms with Crippen LogP contribution in [0.25, 0.3) is 11.3 Å². The largest absolute Gasteiger partial charge is 0.349 e. The van der Waals surface area contributed by atoms with Crippen LogP contribution in [0.4, 0.5) is 0 Å². The number of piperidine rings is 1. The fourth-order valence-corrected chi connectivity index (χ4v) is 3.89. The van der Waals surface area contributed by atoms with Gasteiger partial charge in [-0.05, 0) is 52.4 Å². The van der Waals surface area contributed by atoms with Gasteiger partial charge < -0.3 is 10.2 Å². The van der Waals surface area contributed by atoms with Crippen molar-refractivity contribution in [2.24, 2.45) is 0 Å². The Morgan fingerprint density at radius 2 is 1.60 bits per heavy atom. The van der Waals surface area contributed by atoms with Gasteiger partial charge in [0, 0.05) is 17.8 Å². The quantitative estimate of drug-likeness (QED) is 0.701. The third-order valence-electron chi connectivity index (χ3n) is 5.85. The average molecular weight is 403 g/mol. The van der Waals surface area contributed by atoms with Crippen molar-refractivity contribution in [1.82, 2.24) is 20.0 Å². The lowest BCUT2D eigenvalue weighted by atomic mass is 10.0. The number of carbonyl (C=O) groups is 1. The summed E-state index contributed by atoms with van der Waals surface area (Å²) in [6.07, 6.45) is 3.86. The van der Waals surface area contributed by atoms with E-state index in [1.54, 1.807) is 0 Å². The van der Waals surface area contributed by atoms with Gasteiger partial charge in [-0.3, -0.25) is 9.48 Å². The van der Waals surface area contributed by atoms with Crippen molar-refractivity contribution in [3.05, 3.63) is 77.0 Å². The lowest BCUT2D eigenvalue weighted by Crippen LogP contribution is -2.43. The second-order valence-electron chi connectivity index (χ2n) is 8.49. The summed E-state index contributed by atoms with van der Waals surface area (Å²) in [4.78, 5) is 15.5. The van der Waals surface area contributed by atoms with Crippen LogP contribution in [0.15, 0.2) is 54.7 Å². The maximum absolute atomic E-state index is 13.2. The zero-order chi connectivity index (χ0) is 21.1. The molecule has 1 aliphatic heterocycles. The van der Waals surface area contributed by atoms with Crippen LogP contribution in [-0.2, 0) is 6.54 Å². The molecule has 5 heteroatoms. The maximum atomic E-state index is 13.2. The van der Waals surface area contributed by atoms with E-state index in [0.29, 0.717) is 12.1 Å². The number of hydrogen-bond donors (Lipinski definition) is 1. The van der Waals surface area contributed by atoms with Crippen LogP contribution >= 0.6 is 0 Å². The third kappa shape index (κ3) is 4.79. The van der Waals surface area contributed by atoms with Gasteiger partial charge in [0.05, 0.1) is 12.1 Å². The number of nitrogens with one attached hydrogen (secondary N) is 1. The average Bonchev–Trinajstić information content (AvgIpc) is 3.16. The van der Waals surface area contributed by atoms with Gasteiger partial charge in [0.2, 0.25) is 0 Å². The van der Waals surface area contributed by atoms with E-state index in [1.165, 1.54) is 16.7 Å². The van der Waals surface area contributed by atoms with Crippen LogP contribution in [0.5, 0.6) is 0 Å². The summed E-state index contributed by atoms with van der Waals surface area (Å²) < 4.78 is 1.88. The number of likely N-dealkylation sites (tertiary alicyclic amines) is 1. The van der Waals surface area contributed by atoms with E-state index in [2.05, 4.69) is 67.5 Å². The molecule has 1 aliphatic rings. The van der Waals surface area contributed by atoms with E-state index in [0.717, 1.165) is 37.2 Å². The zero-order valence-electron chi connectivity index (χ0n) is 18.1. The van der Waals surface area contributed by atoms with E-state index in [4.69, 9.17) is 5.10 Å². The number of amides is 1. The summed E-state index contributed by atoms with van der Waals surface area (Å²) in [6.45, 7) is 6.82. The van der Waals surface area contributed by atoms with Gasteiger partial charge in [0.25, 0.3) is 5.91 Å². The predicted molar refractivity (Wildman–Crippen MR) is 121 cm³/mol. The maximum Gasteiger partial charge on any atom is 0.255 e. The summed E-state index contributed by atoms with van der Waals surface area (Å²) in [5, 5.41) is 8.04. The number of aryl methyl sites for hydroxylation is 2. The molecule has 1 fully saturated rings. The lowest BCUT2D eigenvalue weighted by molar-refractivity contribution is 0.0917. The van der Waals surface area contributed by atoms with Gasteiger partial charge in [0.15, 0.2) is 0 Å². The summed E-state index contributed by atoms with van der Waals surface area (Å²) in [7, 11) is 2.13. The van der Waals surface area contributed by atoms with Gasteiger partial charge in [-0.1, -0.05) is 59.7 Å². The van der Waals surface area contributed by atoms with Gasteiger partial charge in [-0.2, -0.15) is 5.10 Å². The fraction of sp³-hybridized carbons (Fsp3) is 0.360. The Balaban J connectivity index is 1.61. The monoisotopic (exact) mass is 402 g/mol. The van der Waals surface area contributed by atoms with Crippen molar-refractivity contribution in [2.75, 3.05) is 20.1 Å². The van der Waals surface area contributed by atoms with Gasteiger partial charge in [0.1, 0.15) is 5.69 Å². The molecule has 0 aliphatic carbocycles. The van der Waals surface area contributed by atoms with Crippen LogP contribution in [0.2, 0.25) is 0 Å². The molecular weight excluding hydrogens is 372 g/mol. The van der Waals surface area contributed by atoms with Crippen LogP contribution in [-0.4, -0.2) is 46.8 Å². The van der Waals surface area contributed by atoms with Crippen LogP contribution in [0.1, 0.15) is 39.9 Å². The highest BCUT2D eigenvalue weighted by atomic mass is 16.1. The first kappa shape index (κ1) is 20.4. The van der Waals surface area contributed by atoms with Crippen molar-refractivity contribution < 1.29 is 4.79 Å². The topological polar surface area (TPSA) is 50.2 Å². The zero-order valence-corrected chi connectivity index (χ0v) is 18.1. The molecule has 0 bridgehead atoms. The molecule has 4 rings (SSSR count). The Morgan fingerprint density at radius 1 is 1.00 bits per heavy atom. The van der Waals surface area contributed by atoms with E-state index >= 15 is 0 Å². The number of nitrogens with zero attached hydrogens (tertiary/aromatic N) is 3. The number of benzene rings is 2. The highest BCUT2D eigenvalue weighted by Crippen LogP contribution is 2.24. The van der Waals surface area contributed by atoms with Crippen LogP contribution in [0.3, 0.4) is 0 Å². The van der Waals surface area contributed by atoms with Crippen molar-refractivity contribution >= 4 is 5.91 Å². The van der Waals surface area contributed by atoms with Crippen LogP contribution < -0.4 is 5.32 Å². The van der Waals surface area contributed by atoms with Crippen molar-refractivity contribution in [3.8, 4) is 11.3 Å². The van der Waals surface area contributed by atoms with E-state index in [9.17, 15) is 4.79 Å². The highest BCUT2D eigenvalue weighted by molar-refractivity contribution is 6.00. The molecule has 1 saturated heterocycles. The number of carbonyl (C=O) groups excluding carboxylic acids is 1. The molecule has 1 aromatic heterocycles. The molecule has 0 saturated carbocycles. The van der Waals surface area contributed by atoms with Gasteiger partial charge >= 0.3 is 0 Å². The summed E-state index contributed by atoms with van der Waals surface area (Å²) >= 11 is 0. The minimum Gasteiger partial charge on any atom is -0.349 e. The number of aromatic nitrogens is 2. The smallest absolute Gasteiger partial charge is 0.255 e. The van der Waals surface area contributed by atoms with Crippen molar-refractivity contribution in [1.29, 1.82) is 0 Å². The van der Waals surface area contributed by atoms with Gasteiger partial charge in [-0.25, -0.2) is 0 Å². The lowest BCUT2D eigenvalue weighted by Gasteiger charge is -2.29. The molecule has 0 radical (unpaired) electrons. The Bertz CT molecular complexity index is 997. The second-order valence-corrected chi connectivity index (χ2v) is 8.49. The predicted octanol–water partition coefficient (Wildman–Crippen LogP) is 4.04. The van der Waals surface area contributed by atoms with Crippen molar-refractivity contribution in [2.45, 2.75) is 39.3 Å². The molecule has 0 atom stereocenters. The first-order valence-corrected chi connectivity index (χ1v) is 10.7. The Labute approximate surface area is 178 Å². The van der Waals surface area contributed by atoms with Gasteiger partial charge in [-0.15, -0.1) is 0 Å². The minimum absolute atomic E-state index is 0.0321. The van der Waals surface area contributed by atoms with E-state index in [1.807, 2.05) is 23.0 Å². The number of hydrogen-bond acceptors (Lipinski definition) is 3. The molecule has 0 unspecified atom stereocenters. The normalized spacial score (nSPS) is 15.3. The first-order valence-electron chi connectivity index (χ1n) is 10.7. The standard InChI is InChI=1S/C25H30N4O/c1-18-4-8-20(9-5-18)16-29-17-23(24(27-29)21-10-6-19(2)7-11-21)25(30)26-22-12-14-28(3)15-13-22/h4-11,17,22H,12-16H2,1-3H3,(H,26,30). The first-order chi connectivity index (χ1) is 14.5. The molecule has 156 valence electrons. The molecule has 1 N–H and O–H groups in total. The summed E-state index contributed by atoms with van der Waals surface area (Å²) in [5.41, 5.74) is 5.95. The molecule has 2 heterocycles. The van der Waals surface area contributed by atoms with Crippen molar-refractivity contribution in [3.63, 3.8) is 0 Å². The number of rotatable bonds is 5. The van der Waals surface area contributed by atoms with Crippen LogP contribution in [0, 0.1) is 13.8 Å². The molecule has 0 spiro atoms. The molecular formula is C25H30N4O. The molecule has 30 heavy (non-hydrogen) atoms. The SMILES string of the molecule is Cc1ccc(Cn2cc(C(=O)NC3CCN(C)CC3)c(-c3ccc(C)cc3)n2)cc1. The fourth-order valence-electron chi connectivity index (χ4n) is 3.89. The second kappa shape index (κ2) is 8.84. The summed E-state index contributed by atoms with van der Waals surface area (Å²) in [6, 6.07) is 16.9. The highest BCUT2D eigenvalue weighted by Gasteiger charge is 2.23. The van der Waals surface area contributed by atoms with E-state index < -0.39 is 0 Å². The molecule has 5 nitrogen and oxygen atoms in total. The minimum atomic E-state index is -0.0321. The molecule has 1 amide bonds. The van der Waals surface area contributed by atoms with E-state index in [-0.39, 0.29) is 11.9 Å². The molecule has 2 aromatic carbocycles. The molecule has 3 aromatic rings. The third-order valence-corrected chi connectivity index (χ3v) is 5.85. The Morgan fingerprint density at radius 3 is 2.23 bits per heavy atom. The summed E-state index contributed by atoms with van der Waals surface area (Å²) in [5.74, 6) is -0.0321. The Kier molecular flexibility index (Phi) is 6.00.